The van der Waals surface area contributed by atoms with Crippen LogP contribution in [0.25, 0.3) is 0 Å². The summed E-state index contributed by atoms with van der Waals surface area (Å²) in [5, 5.41) is 11.4. The largest absolute Gasteiger partial charge is 0.355 e. The Labute approximate surface area is 150 Å². The summed E-state index contributed by atoms with van der Waals surface area (Å²) in [5.41, 5.74) is 0.420. The molecule has 5 rings (SSSR count). The smallest absolute Gasteiger partial charge is 0.230 e. The number of nitrogens with one attached hydrogen (secondary N) is 1. The molecule has 4 nitrogen and oxygen atoms in total. The van der Waals surface area contributed by atoms with Crippen molar-refractivity contribution in [3.05, 3.63) is 0 Å². The zero-order valence-electron chi connectivity index (χ0n) is 13.4. The molecule has 0 spiro atoms. The number of carbonyl (C=O) groups is 1. The second-order valence-corrected chi connectivity index (χ2v) is 10.8. The lowest BCUT2D eigenvalue weighted by Crippen LogP contribution is -2.51. The minimum atomic E-state index is 0.145. The second kappa shape index (κ2) is 6.56. The number of hydrogen-bond acceptors (Lipinski definition) is 6. The van der Waals surface area contributed by atoms with E-state index in [1.54, 1.807) is 23.1 Å². The summed E-state index contributed by atoms with van der Waals surface area (Å²) in [4.78, 5) is 12.2. The van der Waals surface area contributed by atoms with E-state index in [9.17, 15) is 4.79 Å². The molecule has 1 amide bonds. The van der Waals surface area contributed by atoms with E-state index in [-0.39, 0.29) is 5.91 Å². The van der Waals surface area contributed by atoms with Gasteiger partial charge in [-0.3, -0.25) is 4.79 Å². The van der Waals surface area contributed by atoms with Gasteiger partial charge in [0.05, 0.1) is 5.75 Å². The van der Waals surface area contributed by atoms with E-state index in [2.05, 4.69) is 15.5 Å². The molecule has 0 unspecified atom stereocenters. The molecule has 0 atom stereocenters. The van der Waals surface area contributed by atoms with Crippen molar-refractivity contribution in [3.8, 4) is 0 Å². The van der Waals surface area contributed by atoms with Gasteiger partial charge in [0.1, 0.15) is 0 Å². The van der Waals surface area contributed by atoms with E-state index in [4.69, 9.17) is 0 Å². The van der Waals surface area contributed by atoms with E-state index in [0.29, 0.717) is 11.2 Å². The molecule has 7 heteroatoms. The number of thioether (sulfide) groups is 2. The molecule has 126 valence electrons. The number of nitrogens with zero attached hydrogens (tertiary/aromatic N) is 2. The van der Waals surface area contributed by atoms with Crippen LogP contribution in [0.2, 0.25) is 0 Å². The Morgan fingerprint density at radius 1 is 1.17 bits per heavy atom. The van der Waals surface area contributed by atoms with Crippen LogP contribution in [-0.2, 0) is 4.79 Å². The minimum Gasteiger partial charge on any atom is -0.355 e. The van der Waals surface area contributed by atoms with Crippen LogP contribution in [0.3, 0.4) is 0 Å². The van der Waals surface area contributed by atoms with Crippen LogP contribution in [0.15, 0.2) is 8.68 Å². The second-order valence-electron chi connectivity index (χ2n) is 7.52. The molecule has 0 aliphatic heterocycles. The molecule has 4 aliphatic carbocycles. The summed E-state index contributed by atoms with van der Waals surface area (Å²) in [5.74, 6) is 3.43. The summed E-state index contributed by atoms with van der Waals surface area (Å²) in [7, 11) is 0. The van der Waals surface area contributed by atoms with Crippen molar-refractivity contribution in [1.82, 2.24) is 15.5 Å². The maximum atomic E-state index is 12.2. The molecular formula is C16H23N3OS3. The lowest BCUT2D eigenvalue weighted by atomic mass is 9.49. The molecule has 4 aliphatic rings. The van der Waals surface area contributed by atoms with Crippen LogP contribution in [-0.4, -0.2) is 34.7 Å². The van der Waals surface area contributed by atoms with Crippen molar-refractivity contribution in [1.29, 1.82) is 0 Å². The topological polar surface area (TPSA) is 54.9 Å². The van der Waals surface area contributed by atoms with Crippen molar-refractivity contribution in [3.63, 3.8) is 0 Å². The van der Waals surface area contributed by atoms with E-state index < -0.39 is 0 Å². The third-order valence-electron chi connectivity index (χ3n) is 5.71. The summed E-state index contributed by atoms with van der Waals surface area (Å²) < 4.78 is 1.85. The zero-order chi connectivity index (χ0) is 15.9. The molecule has 1 aromatic rings. The quantitative estimate of drug-likeness (QED) is 0.775. The lowest BCUT2D eigenvalue weighted by Gasteiger charge is -2.56. The van der Waals surface area contributed by atoms with Gasteiger partial charge in [0.15, 0.2) is 8.68 Å². The summed E-state index contributed by atoms with van der Waals surface area (Å²) in [6, 6.07) is 0. The number of carbonyl (C=O) groups excluding carboxylic acids is 1. The first-order valence-electron chi connectivity index (χ1n) is 8.41. The Balaban J connectivity index is 1.26. The summed E-state index contributed by atoms with van der Waals surface area (Å²) in [6.45, 7) is 0.891. The fourth-order valence-corrected chi connectivity index (χ4v) is 7.58. The van der Waals surface area contributed by atoms with Gasteiger partial charge in [0.25, 0.3) is 0 Å². The molecule has 0 saturated heterocycles. The number of amides is 1. The molecule has 4 bridgehead atoms. The standard InChI is InChI=1S/C16H23N3OS3/c1-21-14-18-19-15(23-14)22-8-13(20)17-9-16-5-10-2-11(6-16)4-12(3-10)7-16/h10-12H,2-9H2,1H3,(H,17,20). The Bertz CT molecular complexity index is 554. The van der Waals surface area contributed by atoms with E-state index in [1.165, 1.54) is 50.3 Å². The van der Waals surface area contributed by atoms with Crippen molar-refractivity contribution in [2.45, 2.75) is 47.2 Å². The fourth-order valence-electron chi connectivity index (χ4n) is 5.31. The summed E-state index contributed by atoms with van der Waals surface area (Å²) in [6.07, 6.45) is 10.4. The van der Waals surface area contributed by atoms with Gasteiger partial charge in [-0.2, -0.15) is 0 Å². The van der Waals surface area contributed by atoms with Crippen LogP contribution < -0.4 is 5.32 Å². The average molecular weight is 370 g/mol. The highest BCUT2D eigenvalue weighted by molar-refractivity contribution is 8.03. The number of rotatable bonds is 6. The molecule has 1 N–H and O–H groups in total. The van der Waals surface area contributed by atoms with Gasteiger partial charge in [-0.15, -0.1) is 10.2 Å². The van der Waals surface area contributed by atoms with E-state index in [0.717, 1.165) is 33.0 Å². The predicted molar refractivity (Wildman–Crippen MR) is 96.0 cm³/mol. The Kier molecular flexibility index (Phi) is 4.62. The van der Waals surface area contributed by atoms with Crippen LogP contribution in [0.4, 0.5) is 0 Å². The monoisotopic (exact) mass is 369 g/mol. The van der Waals surface area contributed by atoms with Gasteiger partial charge in [-0.1, -0.05) is 34.9 Å². The van der Waals surface area contributed by atoms with Crippen molar-refractivity contribution in [2.75, 3.05) is 18.6 Å². The van der Waals surface area contributed by atoms with Gasteiger partial charge < -0.3 is 5.32 Å². The molecule has 0 radical (unpaired) electrons. The molecule has 23 heavy (non-hydrogen) atoms. The van der Waals surface area contributed by atoms with Gasteiger partial charge in [0.2, 0.25) is 5.91 Å². The maximum absolute atomic E-state index is 12.2. The third kappa shape index (κ3) is 3.56. The van der Waals surface area contributed by atoms with Crippen LogP contribution >= 0.6 is 34.9 Å². The van der Waals surface area contributed by atoms with Crippen molar-refractivity contribution in [2.24, 2.45) is 23.2 Å². The predicted octanol–water partition coefficient (Wildman–Crippen LogP) is 3.68. The first kappa shape index (κ1) is 16.2. The summed E-state index contributed by atoms with van der Waals surface area (Å²) >= 11 is 4.66. The lowest BCUT2D eigenvalue weighted by molar-refractivity contribution is -0.120. The molecule has 4 saturated carbocycles. The highest BCUT2D eigenvalue weighted by Crippen LogP contribution is 2.59. The van der Waals surface area contributed by atoms with E-state index >= 15 is 0 Å². The van der Waals surface area contributed by atoms with Crippen LogP contribution in [0.5, 0.6) is 0 Å². The fraction of sp³-hybridized carbons (Fsp3) is 0.812. The average Bonchev–Trinajstić information content (AvgIpc) is 2.98. The van der Waals surface area contributed by atoms with Gasteiger partial charge >= 0.3 is 0 Å². The normalized spacial score (nSPS) is 34.7. The third-order valence-corrected chi connectivity index (χ3v) is 8.75. The Morgan fingerprint density at radius 2 is 1.78 bits per heavy atom. The Hall–Kier alpha value is -0.270. The van der Waals surface area contributed by atoms with Gasteiger partial charge in [0, 0.05) is 6.54 Å². The first-order chi connectivity index (χ1) is 11.1. The van der Waals surface area contributed by atoms with Crippen LogP contribution in [0, 0.1) is 23.2 Å². The van der Waals surface area contributed by atoms with Gasteiger partial charge in [-0.05, 0) is 67.9 Å². The molecule has 4 fully saturated rings. The molecular weight excluding hydrogens is 346 g/mol. The van der Waals surface area contributed by atoms with Crippen molar-refractivity contribution >= 4 is 40.8 Å². The number of hydrogen-bond donors (Lipinski definition) is 1. The maximum Gasteiger partial charge on any atom is 0.230 e. The highest BCUT2D eigenvalue weighted by Gasteiger charge is 2.50. The highest BCUT2D eigenvalue weighted by atomic mass is 32.2. The zero-order valence-corrected chi connectivity index (χ0v) is 15.9. The van der Waals surface area contributed by atoms with Crippen LogP contribution in [0.1, 0.15) is 38.5 Å². The van der Waals surface area contributed by atoms with Gasteiger partial charge in [-0.25, -0.2) is 0 Å². The molecule has 0 aromatic carbocycles. The Morgan fingerprint density at radius 3 is 2.35 bits per heavy atom. The molecule has 1 heterocycles. The van der Waals surface area contributed by atoms with Crippen molar-refractivity contribution < 1.29 is 4.79 Å². The number of aromatic nitrogens is 2. The van der Waals surface area contributed by atoms with E-state index in [1.807, 2.05) is 6.26 Å². The SMILES string of the molecule is CSc1nnc(SCC(=O)NCC23CC4CC(CC(C4)C2)C3)s1. The first-order valence-corrected chi connectivity index (χ1v) is 11.4. The minimum absolute atomic E-state index is 0.145. The molecule has 1 aromatic heterocycles.